The number of aromatic nitrogens is 1. The SMILES string of the molecule is CC(C)CCc1ccnc(N(C(=O)OC(C)(C)C)C(=O)OC(C)(C)C)c1. The molecule has 6 nitrogen and oxygen atoms in total. The number of anilines is 1. The molecule has 0 saturated carbocycles. The molecule has 0 aliphatic carbocycles. The van der Waals surface area contributed by atoms with Crippen molar-refractivity contribution in [3.63, 3.8) is 0 Å². The first kappa shape index (κ1) is 21.9. The summed E-state index contributed by atoms with van der Waals surface area (Å²) in [6.07, 6.45) is 1.82. The van der Waals surface area contributed by atoms with Crippen molar-refractivity contribution in [1.29, 1.82) is 0 Å². The summed E-state index contributed by atoms with van der Waals surface area (Å²) in [6.45, 7) is 14.7. The number of hydrogen-bond acceptors (Lipinski definition) is 5. The Morgan fingerprint density at radius 3 is 1.96 bits per heavy atom. The van der Waals surface area contributed by atoms with Gasteiger partial charge in [0.05, 0.1) is 0 Å². The number of carbonyl (C=O) groups excluding carboxylic acids is 2. The first-order valence-electron chi connectivity index (χ1n) is 8.99. The Balaban J connectivity index is 3.17. The van der Waals surface area contributed by atoms with Crippen LogP contribution in [0.15, 0.2) is 18.3 Å². The Hall–Kier alpha value is -2.11. The minimum atomic E-state index is -0.805. The van der Waals surface area contributed by atoms with Crippen molar-refractivity contribution in [2.45, 2.75) is 79.4 Å². The van der Waals surface area contributed by atoms with Gasteiger partial charge in [0.2, 0.25) is 0 Å². The maximum absolute atomic E-state index is 12.6. The third kappa shape index (κ3) is 7.85. The molecule has 26 heavy (non-hydrogen) atoms. The Labute approximate surface area is 156 Å². The van der Waals surface area contributed by atoms with Crippen molar-refractivity contribution >= 4 is 18.0 Å². The minimum absolute atomic E-state index is 0.203. The average Bonchev–Trinajstić information content (AvgIpc) is 2.41. The van der Waals surface area contributed by atoms with E-state index in [1.54, 1.807) is 53.8 Å². The van der Waals surface area contributed by atoms with Crippen LogP contribution in [0.3, 0.4) is 0 Å². The van der Waals surface area contributed by atoms with Crippen LogP contribution in [-0.2, 0) is 15.9 Å². The topological polar surface area (TPSA) is 68.7 Å². The molecule has 0 radical (unpaired) electrons. The monoisotopic (exact) mass is 364 g/mol. The third-order valence-electron chi connectivity index (χ3n) is 3.20. The van der Waals surface area contributed by atoms with Gasteiger partial charge in [-0.05, 0) is 78.0 Å². The predicted octanol–water partition coefficient (Wildman–Crippen LogP) is 5.35. The van der Waals surface area contributed by atoms with Crippen molar-refractivity contribution < 1.29 is 19.1 Å². The summed E-state index contributed by atoms with van der Waals surface area (Å²) in [4.78, 5) is 30.3. The van der Waals surface area contributed by atoms with Crippen molar-refractivity contribution in [3.05, 3.63) is 23.9 Å². The summed E-state index contributed by atoms with van der Waals surface area (Å²) in [5.74, 6) is 0.759. The highest BCUT2D eigenvalue weighted by Crippen LogP contribution is 2.21. The minimum Gasteiger partial charge on any atom is -0.443 e. The molecule has 1 aromatic heterocycles. The second-order valence-electron chi connectivity index (χ2n) is 8.75. The summed E-state index contributed by atoms with van der Waals surface area (Å²) < 4.78 is 10.7. The highest BCUT2D eigenvalue weighted by Gasteiger charge is 2.33. The second kappa shape index (κ2) is 8.52. The molecular weight excluding hydrogens is 332 g/mol. The molecule has 0 fully saturated rings. The molecule has 0 bridgehead atoms. The Kier molecular flexibility index (Phi) is 7.18. The fraction of sp³-hybridized carbons (Fsp3) is 0.650. The van der Waals surface area contributed by atoms with Crippen LogP contribution in [0.5, 0.6) is 0 Å². The van der Waals surface area contributed by atoms with Gasteiger partial charge in [0.15, 0.2) is 0 Å². The number of aryl methyl sites for hydroxylation is 1. The highest BCUT2D eigenvalue weighted by atomic mass is 16.6. The number of ether oxygens (including phenoxy) is 2. The van der Waals surface area contributed by atoms with Gasteiger partial charge in [-0.3, -0.25) is 0 Å². The summed E-state index contributed by atoms with van der Waals surface area (Å²) in [5, 5.41) is 0. The number of nitrogens with zero attached hydrogens (tertiary/aromatic N) is 2. The van der Waals surface area contributed by atoms with Gasteiger partial charge in [0.1, 0.15) is 17.0 Å². The maximum Gasteiger partial charge on any atom is 0.425 e. The van der Waals surface area contributed by atoms with Crippen LogP contribution in [0.4, 0.5) is 15.4 Å². The fourth-order valence-electron chi connectivity index (χ4n) is 2.07. The fourth-order valence-corrected chi connectivity index (χ4v) is 2.07. The largest absolute Gasteiger partial charge is 0.443 e. The summed E-state index contributed by atoms with van der Waals surface area (Å²) in [6, 6.07) is 3.62. The van der Waals surface area contributed by atoms with Gasteiger partial charge in [-0.1, -0.05) is 13.8 Å². The van der Waals surface area contributed by atoms with Crippen LogP contribution < -0.4 is 4.90 Å². The zero-order valence-corrected chi connectivity index (χ0v) is 17.3. The van der Waals surface area contributed by atoms with Crippen LogP contribution >= 0.6 is 0 Å². The highest BCUT2D eigenvalue weighted by molar-refractivity contribution is 6.08. The summed E-state index contributed by atoms with van der Waals surface area (Å²) in [5.41, 5.74) is -0.486. The lowest BCUT2D eigenvalue weighted by Gasteiger charge is -2.28. The Morgan fingerprint density at radius 1 is 1.04 bits per heavy atom. The zero-order valence-electron chi connectivity index (χ0n) is 17.3. The lowest BCUT2D eigenvalue weighted by atomic mass is 10.0. The molecule has 0 saturated heterocycles. The molecule has 0 aliphatic heterocycles. The first-order valence-corrected chi connectivity index (χ1v) is 8.99. The van der Waals surface area contributed by atoms with E-state index in [0.29, 0.717) is 5.92 Å². The number of hydrogen-bond donors (Lipinski definition) is 0. The van der Waals surface area contributed by atoms with E-state index in [0.717, 1.165) is 23.3 Å². The molecule has 0 spiro atoms. The standard InChI is InChI=1S/C20H32N2O4/c1-14(2)9-10-15-11-12-21-16(13-15)22(17(23)25-19(3,4)5)18(24)26-20(6,7)8/h11-14H,9-10H2,1-8H3. The number of amides is 2. The summed E-state index contributed by atoms with van der Waals surface area (Å²) >= 11 is 0. The van der Waals surface area contributed by atoms with Crippen molar-refractivity contribution in [2.75, 3.05) is 4.90 Å². The molecule has 1 rings (SSSR count). The van der Waals surface area contributed by atoms with Crippen LogP contribution in [0.2, 0.25) is 0 Å². The van der Waals surface area contributed by atoms with E-state index in [2.05, 4.69) is 18.8 Å². The molecule has 0 aliphatic rings. The van der Waals surface area contributed by atoms with Gasteiger partial charge >= 0.3 is 12.2 Å². The molecule has 0 N–H and O–H groups in total. The van der Waals surface area contributed by atoms with E-state index < -0.39 is 23.4 Å². The predicted molar refractivity (Wildman–Crippen MR) is 102 cm³/mol. The van der Waals surface area contributed by atoms with Crippen LogP contribution in [0, 0.1) is 5.92 Å². The molecule has 0 unspecified atom stereocenters. The van der Waals surface area contributed by atoms with E-state index in [4.69, 9.17) is 9.47 Å². The molecule has 2 amide bonds. The number of imide groups is 1. The second-order valence-corrected chi connectivity index (χ2v) is 8.75. The lowest BCUT2D eigenvalue weighted by molar-refractivity contribution is 0.0429. The Bertz CT molecular complexity index is 599. The van der Waals surface area contributed by atoms with Crippen molar-refractivity contribution in [1.82, 2.24) is 4.98 Å². The molecule has 6 heteroatoms. The van der Waals surface area contributed by atoms with Crippen LogP contribution in [-0.4, -0.2) is 28.4 Å². The van der Waals surface area contributed by atoms with E-state index in [1.165, 1.54) is 0 Å². The van der Waals surface area contributed by atoms with E-state index in [-0.39, 0.29) is 5.82 Å². The molecular formula is C20H32N2O4. The van der Waals surface area contributed by atoms with Crippen LogP contribution in [0.1, 0.15) is 67.4 Å². The molecule has 0 aromatic carbocycles. The quantitative estimate of drug-likeness (QED) is 0.720. The van der Waals surface area contributed by atoms with Gasteiger partial charge in [-0.2, -0.15) is 4.90 Å². The average molecular weight is 364 g/mol. The maximum atomic E-state index is 12.6. The number of rotatable bonds is 4. The summed E-state index contributed by atoms with van der Waals surface area (Å²) in [7, 11) is 0. The van der Waals surface area contributed by atoms with Gasteiger partial charge in [0, 0.05) is 6.20 Å². The van der Waals surface area contributed by atoms with Gasteiger partial charge in [-0.15, -0.1) is 0 Å². The van der Waals surface area contributed by atoms with E-state index in [9.17, 15) is 9.59 Å². The molecule has 1 aromatic rings. The lowest BCUT2D eigenvalue weighted by Crippen LogP contribution is -2.44. The van der Waals surface area contributed by atoms with Gasteiger partial charge in [-0.25, -0.2) is 14.6 Å². The van der Waals surface area contributed by atoms with Crippen molar-refractivity contribution in [2.24, 2.45) is 5.92 Å². The normalized spacial score (nSPS) is 12.0. The van der Waals surface area contributed by atoms with Crippen LogP contribution in [0.25, 0.3) is 0 Å². The molecule has 1 heterocycles. The van der Waals surface area contributed by atoms with Gasteiger partial charge in [0.25, 0.3) is 0 Å². The smallest absolute Gasteiger partial charge is 0.425 e. The third-order valence-corrected chi connectivity index (χ3v) is 3.20. The Morgan fingerprint density at radius 2 is 1.54 bits per heavy atom. The van der Waals surface area contributed by atoms with E-state index >= 15 is 0 Å². The molecule has 0 atom stereocenters. The van der Waals surface area contributed by atoms with Gasteiger partial charge < -0.3 is 9.47 Å². The number of carbonyl (C=O) groups is 2. The van der Waals surface area contributed by atoms with Crippen molar-refractivity contribution in [3.8, 4) is 0 Å². The first-order chi connectivity index (χ1) is 11.8. The van der Waals surface area contributed by atoms with E-state index in [1.807, 2.05) is 6.07 Å². The molecule has 146 valence electrons. The zero-order chi connectivity index (χ0) is 20.1. The number of pyridine rings is 1.